The number of hydrogen-bond donors (Lipinski definition) is 12. The molecule has 74 heavy (non-hydrogen) atoms. The van der Waals surface area contributed by atoms with Crippen molar-refractivity contribution in [2.75, 3.05) is 26.9 Å². The smallest absolute Gasteiger partial charge is 0.187 e. The van der Waals surface area contributed by atoms with E-state index in [-0.39, 0.29) is 41.3 Å². The Balaban J connectivity index is 0.854. The lowest BCUT2D eigenvalue weighted by atomic mass is 9.47. The molecule has 22 nitrogen and oxygen atoms in total. The van der Waals surface area contributed by atoms with E-state index in [1.807, 2.05) is 6.92 Å². The molecule has 0 aromatic rings. The highest BCUT2D eigenvalue weighted by molar-refractivity contribution is 5.26. The molecule has 12 N–H and O–H groups in total. The second-order valence-corrected chi connectivity index (χ2v) is 24.0. The molecule has 5 heterocycles. The van der Waals surface area contributed by atoms with Gasteiger partial charge in [-0.3, -0.25) is 0 Å². The van der Waals surface area contributed by atoms with E-state index in [0.717, 1.165) is 32.1 Å². The van der Waals surface area contributed by atoms with Crippen molar-refractivity contribution in [3.05, 3.63) is 11.6 Å². The first-order valence-electron chi connectivity index (χ1n) is 27.2. The van der Waals surface area contributed by atoms with E-state index < -0.39 is 148 Å². The Morgan fingerprint density at radius 3 is 1.86 bits per heavy atom. The van der Waals surface area contributed by atoms with Crippen molar-refractivity contribution in [2.24, 2.45) is 46.3 Å². The second kappa shape index (κ2) is 22.4. The Labute approximate surface area is 432 Å². The van der Waals surface area contributed by atoms with Gasteiger partial charge in [0.1, 0.15) is 85.5 Å². The maximum Gasteiger partial charge on any atom is 0.187 e. The van der Waals surface area contributed by atoms with E-state index in [0.29, 0.717) is 43.4 Å². The summed E-state index contributed by atoms with van der Waals surface area (Å²) in [6.45, 7) is 11.1. The van der Waals surface area contributed by atoms with Crippen LogP contribution in [0.4, 0.5) is 0 Å². The van der Waals surface area contributed by atoms with Crippen molar-refractivity contribution >= 4 is 0 Å². The second-order valence-electron chi connectivity index (χ2n) is 24.0. The number of allylic oxidation sites excluding steroid dienone is 1. The highest BCUT2D eigenvalue weighted by Gasteiger charge is 2.68. The van der Waals surface area contributed by atoms with Crippen molar-refractivity contribution in [3.63, 3.8) is 0 Å². The zero-order valence-electron chi connectivity index (χ0n) is 43.7. The van der Waals surface area contributed by atoms with Gasteiger partial charge in [-0.05, 0) is 106 Å². The van der Waals surface area contributed by atoms with Gasteiger partial charge >= 0.3 is 0 Å². The van der Waals surface area contributed by atoms with Crippen LogP contribution in [-0.2, 0) is 47.4 Å². The summed E-state index contributed by atoms with van der Waals surface area (Å²) in [6, 6.07) is 0. The molecule has 4 aliphatic carbocycles. The fourth-order valence-electron chi connectivity index (χ4n) is 15.3. The van der Waals surface area contributed by atoms with Crippen LogP contribution in [0.2, 0.25) is 0 Å². The lowest BCUT2D eigenvalue weighted by Crippen LogP contribution is -2.66. The summed E-state index contributed by atoms with van der Waals surface area (Å²) in [5, 5.41) is 127. The van der Waals surface area contributed by atoms with Gasteiger partial charge in [0, 0.05) is 19.4 Å². The fraction of sp³-hybridized carbons (Fsp3) is 0.962. The zero-order valence-corrected chi connectivity index (χ0v) is 43.7. The normalized spacial score (nSPS) is 54.9. The van der Waals surface area contributed by atoms with Crippen LogP contribution in [0.25, 0.3) is 0 Å². The number of ether oxygens (including phenoxy) is 10. The molecule has 22 heteroatoms. The summed E-state index contributed by atoms with van der Waals surface area (Å²) < 4.78 is 61.5. The van der Waals surface area contributed by atoms with Gasteiger partial charge in [0.2, 0.25) is 0 Å². The van der Waals surface area contributed by atoms with E-state index in [1.165, 1.54) is 19.4 Å². The molecule has 0 aromatic heterocycles. The van der Waals surface area contributed by atoms with Gasteiger partial charge in [-0.2, -0.15) is 0 Å². The van der Waals surface area contributed by atoms with E-state index >= 15 is 0 Å². The van der Waals surface area contributed by atoms with Gasteiger partial charge in [-0.1, -0.05) is 39.3 Å². The van der Waals surface area contributed by atoms with Gasteiger partial charge in [0.05, 0.1) is 44.2 Å². The first-order chi connectivity index (χ1) is 35.0. The van der Waals surface area contributed by atoms with Crippen LogP contribution in [-0.4, -0.2) is 229 Å². The van der Waals surface area contributed by atoms with Gasteiger partial charge in [0.25, 0.3) is 0 Å². The molecule has 9 aliphatic rings. The molecular weight excluding hydrogens is 977 g/mol. The molecule has 31 atom stereocenters. The molecule has 5 aliphatic heterocycles. The van der Waals surface area contributed by atoms with Crippen molar-refractivity contribution in [3.8, 4) is 0 Å². The van der Waals surface area contributed by atoms with Crippen LogP contribution in [0, 0.1) is 46.3 Å². The van der Waals surface area contributed by atoms with Crippen molar-refractivity contribution in [2.45, 2.75) is 240 Å². The van der Waals surface area contributed by atoms with Crippen LogP contribution in [0.3, 0.4) is 0 Å². The quantitative estimate of drug-likeness (QED) is 0.0846. The molecule has 0 unspecified atom stereocenters. The Kier molecular flexibility index (Phi) is 17.4. The SMILES string of the molecule is CO[C@]1(CC[C@@H](C)CO[C@@H]2O[C@H](CO)[C@@H](O)[C@H](O)[C@H]2O)O[C@@H]2C[C@@H]3[C@@H]4CC=C5C[C@@H](O[C@@H]6O[C@H](CO)[C@@H](O[C@@H]7O[C@@H](C)[C@H](O)[C@@H](O)[C@H]7O)[C@H](O)[C@H]6O[C@@H]6O[C@@H](C)[C@H](O)[C@@H](O)[C@H]6O)CC[C@]5(C)[C@@H]4CC[C@]3(C)[C@H]2[C@@H]1C. The maximum absolute atomic E-state index is 12.1. The average Bonchev–Trinajstić information content (AvgIpc) is 3.84. The van der Waals surface area contributed by atoms with E-state index in [4.69, 9.17) is 47.4 Å². The number of hydrogen-bond acceptors (Lipinski definition) is 22. The van der Waals surface area contributed by atoms with Gasteiger partial charge in [-0.25, -0.2) is 0 Å². The summed E-state index contributed by atoms with van der Waals surface area (Å²) in [4.78, 5) is 0. The molecule has 0 radical (unpaired) electrons. The van der Waals surface area contributed by atoms with Crippen LogP contribution in [0.5, 0.6) is 0 Å². The van der Waals surface area contributed by atoms with Crippen molar-refractivity contribution < 1.29 is 109 Å². The predicted octanol–water partition coefficient (Wildman–Crippen LogP) is -1.33. The summed E-state index contributed by atoms with van der Waals surface area (Å²) in [5.41, 5.74) is 1.19. The summed E-state index contributed by atoms with van der Waals surface area (Å²) >= 11 is 0. The lowest BCUT2D eigenvalue weighted by molar-refractivity contribution is -0.388. The molecule has 0 bridgehead atoms. The largest absolute Gasteiger partial charge is 0.394 e. The molecule has 0 spiro atoms. The van der Waals surface area contributed by atoms with E-state index in [1.54, 1.807) is 7.11 Å². The molecule has 426 valence electrons. The zero-order chi connectivity index (χ0) is 53.5. The molecule has 0 aromatic carbocycles. The first-order valence-corrected chi connectivity index (χ1v) is 27.2. The number of aliphatic hydroxyl groups excluding tert-OH is 12. The van der Waals surface area contributed by atoms with E-state index in [2.05, 4.69) is 26.8 Å². The van der Waals surface area contributed by atoms with Gasteiger partial charge in [-0.15, -0.1) is 0 Å². The maximum atomic E-state index is 12.1. The number of methoxy groups -OCH3 is 1. The minimum Gasteiger partial charge on any atom is -0.394 e. The monoisotopic (exact) mass is 1060 g/mol. The summed E-state index contributed by atoms with van der Waals surface area (Å²) in [5.74, 6) is 0.884. The average molecular weight is 1060 g/mol. The first kappa shape index (κ1) is 57.5. The van der Waals surface area contributed by atoms with Crippen molar-refractivity contribution in [1.82, 2.24) is 0 Å². The highest BCUT2D eigenvalue weighted by Crippen LogP contribution is 2.70. The van der Waals surface area contributed by atoms with Crippen LogP contribution >= 0.6 is 0 Å². The minimum absolute atomic E-state index is 0.00465. The molecule has 8 fully saturated rings. The fourth-order valence-corrected chi connectivity index (χ4v) is 15.3. The van der Waals surface area contributed by atoms with Crippen molar-refractivity contribution in [1.29, 1.82) is 0 Å². The molecule has 3 saturated carbocycles. The Hall–Kier alpha value is -1.14. The summed E-state index contributed by atoms with van der Waals surface area (Å²) in [6.07, 6.45) is -19.4. The minimum atomic E-state index is -1.74. The highest BCUT2D eigenvalue weighted by atomic mass is 16.8. The van der Waals surface area contributed by atoms with Crippen LogP contribution < -0.4 is 0 Å². The topological polar surface area (TPSA) is 335 Å². The Morgan fingerprint density at radius 2 is 1.24 bits per heavy atom. The molecule has 9 rings (SSSR count). The van der Waals surface area contributed by atoms with Gasteiger partial charge in [0.15, 0.2) is 30.9 Å². The molecule has 0 amide bonds. The standard InChI is InChI=1S/C52H86O22/c1-21(20-66-46-40(61)39(60)36(57)31(18-53)70-46)10-15-52(65-7)22(2)33-30(74-52)17-29-27-9-8-25-16-26(11-13-50(25,5)28(27)12-14-51(29,33)6)69-49-45(73-48-42(63)38(59)35(56)24(4)68-48)43(64)44(32(19-54)71-49)72-47-41(62)37(58)34(55)23(3)67-47/h8,21-24,26-49,53-64H,9-20H2,1-7H3/t21-,22+,23+,24+,26+,27-,28-,29-,30-,31-,32-,33+,34+,35+,36-,37-,38-,39+,40-,41-,42-,43+,44-,45-,46-,47+,48+,49-,50+,51+,52-/m1/s1. The van der Waals surface area contributed by atoms with Gasteiger partial charge < -0.3 is 109 Å². The summed E-state index contributed by atoms with van der Waals surface area (Å²) in [7, 11) is 1.72. The lowest BCUT2D eigenvalue weighted by Gasteiger charge is -2.58. The third kappa shape index (κ3) is 10.1. The molecule has 5 saturated heterocycles. The molecular formula is C52H86O22. The third-order valence-electron chi connectivity index (χ3n) is 19.8. The van der Waals surface area contributed by atoms with Crippen LogP contribution in [0.15, 0.2) is 11.6 Å². The number of rotatable bonds is 15. The Bertz CT molecular complexity index is 1920. The predicted molar refractivity (Wildman–Crippen MR) is 254 cm³/mol. The third-order valence-corrected chi connectivity index (χ3v) is 19.8. The number of fused-ring (bicyclic) bond motifs is 7. The Morgan fingerprint density at radius 1 is 0.649 bits per heavy atom. The number of aliphatic hydroxyl groups is 12. The van der Waals surface area contributed by atoms with E-state index in [9.17, 15) is 61.3 Å². The van der Waals surface area contributed by atoms with Crippen LogP contribution in [0.1, 0.15) is 99.3 Å².